The highest BCUT2D eigenvalue weighted by Gasteiger charge is 2.60. The SMILES string of the molecule is C=C(C)CC[C@H]1CCC2C3C(CC[C@@]21C)[C@@]1(C)CCC(=C)C=C1C[C@H]3CCCCCCCCCC. The third-order valence-electron chi connectivity index (χ3n) is 11.8. The lowest BCUT2D eigenvalue weighted by Gasteiger charge is -2.61. The van der Waals surface area contributed by atoms with E-state index in [1.54, 1.807) is 5.57 Å². The summed E-state index contributed by atoms with van der Waals surface area (Å²) in [6.45, 7) is 18.6. The summed E-state index contributed by atoms with van der Waals surface area (Å²) in [6, 6.07) is 0. The summed E-state index contributed by atoms with van der Waals surface area (Å²) >= 11 is 0. The first-order chi connectivity index (χ1) is 16.8. The van der Waals surface area contributed by atoms with E-state index in [2.05, 4.69) is 46.9 Å². The van der Waals surface area contributed by atoms with E-state index < -0.39 is 0 Å². The van der Waals surface area contributed by atoms with Crippen LogP contribution in [0.2, 0.25) is 0 Å². The summed E-state index contributed by atoms with van der Waals surface area (Å²) in [5, 5.41) is 0. The predicted molar refractivity (Wildman–Crippen MR) is 154 cm³/mol. The van der Waals surface area contributed by atoms with Crippen molar-refractivity contribution in [2.24, 2.45) is 40.4 Å². The second-order valence-corrected chi connectivity index (χ2v) is 14.1. The first-order valence-corrected chi connectivity index (χ1v) is 15.8. The van der Waals surface area contributed by atoms with Crippen LogP contribution in [0.1, 0.15) is 143 Å². The Labute approximate surface area is 219 Å². The molecule has 0 aromatic heterocycles. The van der Waals surface area contributed by atoms with Crippen LogP contribution < -0.4 is 0 Å². The average Bonchev–Trinajstić information content (AvgIpc) is 3.16. The minimum atomic E-state index is 0.457. The van der Waals surface area contributed by atoms with Gasteiger partial charge in [-0.3, -0.25) is 0 Å². The highest BCUT2D eigenvalue weighted by molar-refractivity contribution is 5.34. The number of hydrogen-bond acceptors (Lipinski definition) is 0. The Bertz CT molecular complexity index is 769. The second kappa shape index (κ2) is 11.7. The van der Waals surface area contributed by atoms with Gasteiger partial charge in [0.05, 0.1) is 0 Å². The van der Waals surface area contributed by atoms with Crippen LogP contribution in [-0.2, 0) is 0 Å². The van der Waals surface area contributed by atoms with Gasteiger partial charge in [0, 0.05) is 0 Å². The van der Waals surface area contributed by atoms with Crippen LogP contribution in [0, 0.1) is 40.4 Å². The molecule has 198 valence electrons. The molecular weight excluding hydrogens is 420 g/mol. The lowest BCUT2D eigenvalue weighted by atomic mass is 9.44. The molecule has 0 nitrogen and oxygen atoms in total. The van der Waals surface area contributed by atoms with Crippen molar-refractivity contribution in [3.8, 4) is 0 Å². The Hall–Kier alpha value is -0.780. The largest absolute Gasteiger partial charge is 0.100 e. The molecule has 0 heteroatoms. The molecular formula is C35H58. The minimum absolute atomic E-state index is 0.457. The van der Waals surface area contributed by atoms with Gasteiger partial charge in [-0.2, -0.15) is 0 Å². The van der Waals surface area contributed by atoms with E-state index in [1.807, 2.05) is 0 Å². The molecule has 3 fully saturated rings. The Morgan fingerprint density at radius 1 is 0.914 bits per heavy atom. The van der Waals surface area contributed by atoms with Crippen LogP contribution in [0.15, 0.2) is 36.0 Å². The van der Waals surface area contributed by atoms with E-state index in [1.165, 1.54) is 127 Å². The van der Waals surface area contributed by atoms with Crippen molar-refractivity contribution in [1.29, 1.82) is 0 Å². The van der Waals surface area contributed by atoms with Crippen molar-refractivity contribution in [3.05, 3.63) is 36.0 Å². The molecule has 3 unspecified atom stereocenters. The van der Waals surface area contributed by atoms with Crippen LogP contribution in [0.4, 0.5) is 0 Å². The monoisotopic (exact) mass is 478 g/mol. The molecule has 0 saturated heterocycles. The zero-order valence-electron chi connectivity index (χ0n) is 24.1. The van der Waals surface area contributed by atoms with Crippen molar-refractivity contribution in [1.82, 2.24) is 0 Å². The number of hydrogen-bond donors (Lipinski definition) is 0. The minimum Gasteiger partial charge on any atom is -0.100 e. The van der Waals surface area contributed by atoms with Crippen LogP contribution in [-0.4, -0.2) is 0 Å². The van der Waals surface area contributed by atoms with Gasteiger partial charge in [0.15, 0.2) is 0 Å². The van der Waals surface area contributed by atoms with Gasteiger partial charge in [0.25, 0.3) is 0 Å². The number of rotatable bonds is 12. The lowest BCUT2D eigenvalue weighted by molar-refractivity contribution is -0.0801. The van der Waals surface area contributed by atoms with Gasteiger partial charge in [-0.05, 0) is 112 Å². The summed E-state index contributed by atoms with van der Waals surface area (Å²) in [5.74, 6) is 4.73. The van der Waals surface area contributed by atoms with E-state index in [0.29, 0.717) is 10.8 Å². The fourth-order valence-corrected chi connectivity index (χ4v) is 9.63. The molecule has 4 aliphatic carbocycles. The Morgan fingerprint density at radius 2 is 1.63 bits per heavy atom. The quantitative estimate of drug-likeness (QED) is 0.193. The maximum Gasteiger partial charge on any atom is -0.00788 e. The molecule has 4 rings (SSSR count). The first kappa shape index (κ1) is 27.3. The molecule has 3 saturated carbocycles. The number of unbranched alkanes of at least 4 members (excludes halogenated alkanes) is 7. The van der Waals surface area contributed by atoms with Crippen molar-refractivity contribution >= 4 is 0 Å². The highest BCUT2D eigenvalue weighted by atomic mass is 14.6. The smallest absolute Gasteiger partial charge is 0.00788 e. The first-order valence-electron chi connectivity index (χ1n) is 15.8. The molecule has 0 spiro atoms. The Morgan fingerprint density at radius 3 is 2.34 bits per heavy atom. The zero-order chi connectivity index (χ0) is 25.1. The van der Waals surface area contributed by atoms with E-state index in [9.17, 15) is 0 Å². The van der Waals surface area contributed by atoms with Crippen molar-refractivity contribution < 1.29 is 0 Å². The topological polar surface area (TPSA) is 0 Å². The number of fused-ring (bicyclic) bond motifs is 5. The van der Waals surface area contributed by atoms with Gasteiger partial charge < -0.3 is 0 Å². The third kappa shape index (κ3) is 5.72. The molecule has 7 atom stereocenters. The maximum absolute atomic E-state index is 4.41. The van der Waals surface area contributed by atoms with Gasteiger partial charge in [0.1, 0.15) is 0 Å². The molecule has 35 heavy (non-hydrogen) atoms. The van der Waals surface area contributed by atoms with Crippen molar-refractivity contribution in [2.45, 2.75) is 143 Å². The van der Waals surface area contributed by atoms with E-state index in [4.69, 9.17) is 0 Å². The molecule has 0 radical (unpaired) electrons. The Kier molecular flexibility index (Phi) is 9.14. The molecule has 0 aromatic carbocycles. The maximum atomic E-state index is 4.41. The fourth-order valence-electron chi connectivity index (χ4n) is 9.63. The van der Waals surface area contributed by atoms with Gasteiger partial charge in [-0.1, -0.05) is 102 Å². The van der Waals surface area contributed by atoms with E-state index in [0.717, 1.165) is 29.6 Å². The van der Waals surface area contributed by atoms with Gasteiger partial charge >= 0.3 is 0 Å². The van der Waals surface area contributed by atoms with E-state index in [-0.39, 0.29) is 0 Å². The Balaban J connectivity index is 1.47. The summed E-state index contributed by atoms with van der Waals surface area (Å²) in [4.78, 5) is 0. The van der Waals surface area contributed by atoms with Crippen LogP contribution in [0.25, 0.3) is 0 Å². The number of allylic oxidation sites excluding steroid dienone is 4. The highest BCUT2D eigenvalue weighted by Crippen LogP contribution is 2.69. The molecule has 0 bridgehead atoms. The fraction of sp³-hybridized carbons (Fsp3) is 0.829. The molecule has 0 aromatic rings. The van der Waals surface area contributed by atoms with Crippen LogP contribution in [0.3, 0.4) is 0 Å². The molecule has 0 N–H and O–H groups in total. The van der Waals surface area contributed by atoms with Crippen molar-refractivity contribution in [2.75, 3.05) is 0 Å². The molecule has 0 heterocycles. The average molecular weight is 479 g/mol. The zero-order valence-corrected chi connectivity index (χ0v) is 24.1. The van der Waals surface area contributed by atoms with E-state index >= 15 is 0 Å². The summed E-state index contributed by atoms with van der Waals surface area (Å²) < 4.78 is 0. The normalized spacial score (nSPS) is 38.5. The van der Waals surface area contributed by atoms with Gasteiger partial charge in [-0.15, -0.1) is 6.58 Å². The molecule has 0 aliphatic heterocycles. The summed E-state index contributed by atoms with van der Waals surface area (Å²) in [6.07, 6.45) is 28.2. The van der Waals surface area contributed by atoms with Crippen LogP contribution in [0.5, 0.6) is 0 Å². The second-order valence-electron chi connectivity index (χ2n) is 14.1. The summed E-state index contributed by atoms with van der Waals surface area (Å²) in [7, 11) is 0. The predicted octanol–water partition coefficient (Wildman–Crippen LogP) is 11.2. The van der Waals surface area contributed by atoms with Crippen LogP contribution >= 0.6 is 0 Å². The van der Waals surface area contributed by atoms with Crippen molar-refractivity contribution in [3.63, 3.8) is 0 Å². The molecule has 4 aliphatic rings. The van der Waals surface area contributed by atoms with Gasteiger partial charge in [-0.25, -0.2) is 0 Å². The standard InChI is InChI=1S/C35H58/c1-7-8-9-10-11-12-13-14-15-28-25-30-24-27(4)20-22-35(30,6)32-21-23-34(5)29(17-16-26(2)3)18-19-31(34)33(28)32/h24,28-29,31-33H,2,4,7-23,25H2,1,3,5-6H3/t28-,29+,31?,32?,33?,34-,35+/m1/s1. The van der Waals surface area contributed by atoms with Gasteiger partial charge in [0.2, 0.25) is 0 Å². The third-order valence-corrected chi connectivity index (χ3v) is 11.8. The lowest BCUT2D eigenvalue weighted by Crippen LogP contribution is -2.53. The molecule has 0 amide bonds. The summed E-state index contributed by atoms with van der Waals surface area (Å²) in [5.41, 5.74) is 5.65.